The number of nitro groups is 1. The number of carbonyl (C=O) groups excluding carboxylic acids is 2. The minimum absolute atomic E-state index is 0.0959. The number of halogens is 2. The van der Waals surface area contributed by atoms with Crippen LogP contribution >= 0.6 is 23.2 Å². The molecule has 2 rings (SSSR count). The van der Waals surface area contributed by atoms with Gasteiger partial charge in [-0.15, -0.1) is 0 Å². The van der Waals surface area contributed by atoms with Crippen molar-refractivity contribution in [3.63, 3.8) is 0 Å². The Morgan fingerprint density at radius 1 is 1.12 bits per heavy atom. The number of ether oxygens (including phenoxy) is 1. The van der Waals surface area contributed by atoms with Gasteiger partial charge in [0.05, 0.1) is 15.0 Å². The number of nitrogens with zero attached hydrogens (tertiary/aromatic N) is 1. The molecule has 0 radical (unpaired) electrons. The van der Waals surface area contributed by atoms with Gasteiger partial charge >= 0.3 is 5.97 Å². The molecule has 7 nitrogen and oxygen atoms in total. The molecular formula is C16H12Cl2N2O5. The van der Waals surface area contributed by atoms with E-state index in [-0.39, 0.29) is 29.4 Å². The van der Waals surface area contributed by atoms with Crippen LogP contribution in [0.15, 0.2) is 42.5 Å². The van der Waals surface area contributed by atoms with Crippen molar-refractivity contribution in [2.45, 2.75) is 6.61 Å². The largest absolute Gasteiger partial charge is 0.459 e. The Balaban J connectivity index is 1.84. The van der Waals surface area contributed by atoms with E-state index in [1.807, 2.05) is 0 Å². The van der Waals surface area contributed by atoms with Gasteiger partial charge in [-0.25, -0.2) is 0 Å². The molecule has 0 spiro atoms. The summed E-state index contributed by atoms with van der Waals surface area (Å²) in [6, 6.07) is 10.1. The molecule has 0 aromatic heterocycles. The summed E-state index contributed by atoms with van der Waals surface area (Å²) in [6.45, 7) is -0.489. The van der Waals surface area contributed by atoms with Crippen molar-refractivity contribution in [3.8, 4) is 0 Å². The van der Waals surface area contributed by atoms with Crippen molar-refractivity contribution < 1.29 is 19.2 Å². The van der Waals surface area contributed by atoms with Crippen LogP contribution in [0, 0.1) is 10.1 Å². The Kier molecular flexibility index (Phi) is 6.32. The third-order valence-electron chi connectivity index (χ3n) is 3.10. The monoisotopic (exact) mass is 382 g/mol. The lowest BCUT2D eigenvalue weighted by Gasteiger charge is -2.07. The maximum Gasteiger partial charge on any atom is 0.325 e. The summed E-state index contributed by atoms with van der Waals surface area (Å²) in [5, 5.41) is 13.6. The normalized spacial score (nSPS) is 10.2. The Morgan fingerprint density at radius 3 is 2.56 bits per heavy atom. The smallest absolute Gasteiger partial charge is 0.325 e. The molecule has 0 unspecified atom stereocenters. The summed E-state index contributed by atoms with van der Waals surface area (Å²) in [6.07, 6.45) is 0. The molecule has 2 aromatic rings. The standard InChI is InChI=1S/C16H12Cl2N2O5/c17-13-5-4-11(7-14(13)18)16(22)19-8-15(21)25-9-10-2-1-3-12(6-10)20(23)24/h1-7H,8-9H2,(H,19,22). The van der Waals surface area contributed by atoms with Gasteiger partial charge in [0.2, 0.25) is 0 Å². The molecule has 0 saturated heterocycles. The predicted molar refractivity (Wildman–Crippen MR) is 91.7 cm³/mol. The van der Waals surface area contributed by atoms with Gasteiger partial charge < -0.3 is 10.1 Å². The van der Waals surface area contributed by atoms with Crippen molar-refractivity contribution in [3.05, 3.63) is 73.8 Å². The molecule has 0 fully saturated rings. The van der Waals surface area contributed by atoms with Gasteiger partial charge in [-0.3, -0.25) is 19.7 Å². The van der Waals surface area contributed by atoms with Crippen LogP contribution in [-0.2, 0) is 16.1 Å². The highest BCUT2D eigenvalue weighted by atomic mass is 35.5. The average molecular weight is 383 g/mol. The summed E-state index contributed by atoms with van der Waals surface area (Å²) >= 11 is 11.6. The molecule has 130 valence electrons. The van der Waals surface area contributed by atoms with E-state index in [1.165, 1.54) is 36.4 Å². The van der Waals surface area contributed by atoms with E-state index in [9.17, 15) is 19.7 Å². The van der Waals surface area contributed by atoms with Crippen LogP contribution in [0.4, 0.5) is 5.69 Å². The molecule has 0 bridgehead atoms. The van der Waals surface area contributed by atoms with E-state index in [0.717, 1.165) is 0 Å². The zero-order valence-corrected chi connectivity index (χ0v) is 14.2. The first kappa shape index (κ1) is 18.7. The summed E-state index contributed by atoms with van der Waals surface area (Å²) in [5.41, 5.74) is 0.626. The molecule has 0 aliphatic heterocycles. The number of nitro benzene ring substituents is 1. The zero-order chi connectivity index (χ0) is 18.4. The number of rotatable bonds is 6. The van der Waals surface area contributed by atoms with E-state index in [2.05, 4.69) is 5.32 Å². The van der Waals surface area contributed by atoms with Crippen molar-refractivity contribution in [2.24, 2.45) is 0 Å². The van der Waals surface area contributed by atoms with Crippen LogP contribution in [0.2, 0.25) is 10.0 Å². The molecular weight excluding hydrogens is 371 g/mol. The minimum atomic E-state index is -0.681. The van der Waals surface area contributed by atoms with E-state index in [0.29, 0.717) is 10.6 Å². The number of esters is 1. The number of amides is 1. The van der Waals surface area contributed by atoms with Crippen molar-refractivity contribution >= 4 is 40.8 Å². The van der Waals surface area contributed by atoms with Crippen LogP contribution in [0.1, 0.15) is 15.9 Å². The fourth-order valence-corrected chi connectivity index (χ4v) is 2.16. The highest BCUT2D eigenvalue weighted by molar-refractivity contribution is 6.42. The lowest BCUT2D eigenvalue weighted by atomic mass is 10.2. The van der Waals surface area contributed by atoms with Crippen LogP contribution in [0.3, 0.4) is 0 Å². The number of benzene rings is 2. The van der Waals surface area contributed by atoms with Crippen molar-refractivity contribution in [1.29, 1.82) is 0 Å². The molecule has 1 amide bonds. The van der Waals surface area contributed by atoms with Crippen molar-refractivity contribution in [1.82, 2.24) is 5.32 Å². The van der Waals surface area contributed by atoms with E-state index in [1.54, 1.807) is 6.07 Å². The topological polar surface area (TPSA) is 98.5 Å². The highest BCUT2D eigenvalue weighted by Gasteiger charge is 2.11. The molecule has 0 aliphatic rings. The number of nitrogens with one attached hydrogen (secondary N) is 1. The Hall–Kier alpha value is -2.64. The molecule has 2 aromatic carbocycles. The second-order valence-electron chi connectivity index (χ2n) is 4.90. The molecule has 0 atom stereocenters. The summed E-state index contributed by atoms with van der Waals surface area (Å²) in [5.74, 6) is -1.19. The van der Waals surface area contributed by atoms with Gasteiger partial charge in [0.1, 0.15) is 13.2 Å². The molecule has 0 heterocycles. The molecule has 0 saturated carbocycles. The molecule has 9 heteroatoms. The summed E-state index contributed by atoms with van der Waals surface area (Å²) in [7, 11) is 0. The SMILES string of the molecule is O=C(CNC(=O)c1ccc(Cl)c(Cl)c1)OCc1cccc([N+](=O)[O-])c1. The number of hydrogen-bond acceptors (Lipinski definition) is 5. The van der Waals surface area contributed by atoms with Gasteiger partial charge in [-0.1, -0.05) is 35.3 Å². The van der Waals surface area contributed by atoms with Gasteiger partial charge in [0.25, 0.3) is 11.6 Å². The minimum Gasteiger partial charge on any atom is -0.459 e. The van der Waals surface area contributed by atoms with Crippen molar-refractivity contribution in [2.75, 3.05) is 6.54 Å². The third kappa shape index (κ3) is 5.44. The van der Waals surface area contributed by atoms with Gasteiger partial charge in [-0.05, 0) is 23.8 Å². The molecule has 1 N–H and O–H groups in total. The summed E-state index contributed by atoms with van der Waals surface area (Å²) in [4.78, 5) is 33.7. The molecule has 25 heavy (non-hydrogen) atoms. The third-order valence-corrected chi connectivity index (χ3v) is 3.84. The van der Waals surface area contributed by atoms with Crippen LogP contribution < -0.4 is 5.32 Å². The predicted octanol–water partition coefficient (Wildman–Crippen LogP) is 3.37. The number of non-ortho nitro benzene ring substituents is 1. The summed E-state index contributed by atoms with van der Waals surface area (Å²) < 4.78 is 4.97. The average Bonchev–Trinajstić information content (AvgIpc) is 2.60. The zero-order valence-electron chi connectivity index (χ0n) is 12.7. The first-order valence-corrected chi connectivity index (χ1v) is 7.74. The van der Waals surface area contributed by atoms with E-state index >= 15 is 0 Å². The lowest BCUT2D eigenvalue weighted by Crippen LogP contribution is -2.30. The first-order chi connectivity index (χ1) is 11.9. The fourth-order valence-electron chi connectivity index (χ4n) is 1.87. The van der Waals surface area contributed by atoms with Gasteiger partial charge in [0, 0.05) is 17.7 Å². The highest BCUT2D eigenvalue weighted by Crippen LogP contribution is 2.22. The lowest BCUT2D eigenvalue weighted by molar-refractivity contribution is -0.384. The van der Waals surface area contributed by atoms with Crippen LogP contribution in [-0.4, -0.2) is 23.3 Å². The maximum absolute atomic E-state index is 11.9. The Morgan fingerprint density at radius 2 is 1.88 bits per heavy atom. The Bertz CT molecular complexity index is 826. The van der Waals surface area contributed by atoms with E-state index < -0.39 is 16.8 Å². The quantitative estimate of drug-likeness (QED) is 0.469. The van der Waals surface area contributed by atoms with E-state index in [4.69, 9.17) is 27.9 Å². The fraction of sp³-hybridized carbons (Fsp3) is 0.125. The Labute approximate surface area is 152 Å². The first-order valence-electron chi connectivity index (χ1n) is 6.99. The van der Waals surface area contributed by atoms with Crippen LogP contribution in [0.5, 0.6) is 0 Å². The maximum atomic E-state index is 11.9. The second-order valence-corrected chi connectivity index (χ2v) is 5.71. The molecule has 0 aliphatic carbocycles. The van der Waals surface area contributed by atoms with Gasteiger partial charge in [-0.2, -0.15) is 0 Å². The number of carbonyl (C=O) groups is 2. The second kappa shape index (κ2) is 8.46. The van der Waals surface area contributed by atoms with Crippen LogP contribution in [0.25, 0.3) is 0 Å². The number of hydrogen-bond donors (Lipinski definition) is 1. The van der Waals surface area contributed by atoms with Gasteiger partial charge in [0.15, 0.2) is 0 Å².